The SMILES string of the molecule is CNCc1nncn1-c1ccccc1Br. The third kappa shape index (κ3) is 2.08. The first-order valence-corrected chi connectivity index (χ1v) is 5.40. The summed E-state index contributed by atoms with van der Waals surface area (Å²) in [6.07, 6.45) is 1.72. The lowest BCUT2D eigenvalue weighted by Crippen LogP contribution is -2.11. The van der Waals surface area contributed by atoms with E-state index in [1.54, 1.807) is 6.33 Å². The van der Waals surface area contributed by atoms with Crippen LogP contribution in [0.1, 0.15) is 5.82 Å². The van der Waals surface area contributed by atoms with E-state index in [-0.39, 0.29) is 0 Å². The number of rotatable bonds is 3. The molecule has 0 aliphatic carbocycles. The van der Waals surface area contributed by atoms with Crippen molar-refractivity contribution in [3.05, 3.63) is 40.9 Å². The van der Waals surface area contributed by atoms with E-state index in [2.05, 4.69) is 31.4 Å². The zero-order chi connectivity index (χ0) is 10.7. The van der Waals surface area contributed by atoms with Gasteiger partial charge in [-0.15, -0.1) is 10.2 Å². The number of nitrogens with one attached hydrogen (secondary N) is 1. The van der Waals surface area contributed by atoms with Crippen molar-refractivity contribution in [2.45, 2.75) is 6.54 Å². The molecule has 4 nitrogen and oxygen atoms in total. The van der Waals surface area contributed by atoms with E-state index in [9.17, 15) is 0 Å². The average molecular weight is 267 g/mol. The third-order valence-corrected chi connectivity index (χ3v) is 2.74. The normalized spacial score (nSPS) is 10.5. The van der Waals surface area contributed by atoms with E-state index in [1.165, 1.54) is 0 Å². The van der Waals surface area contributed by atoms with Crippen molar-refractivity contribution in [2.75, 3.05) is 7.05 Å². The second-order valence-corrected chi connectivity index (χ2v) is 3.95. The van der Waals surface area contributed by atoms with Gasteiger partial charge in [0.15, 0.2) is 5.82 Å². The zero-order valence-corrected chi connectivity index (χ0v) is 9.90. The third-order valence-electron chi connectivity index (χ3n) is 2.07. The van der Waals surface area contributed by atoms with E-state index in [4.69, 9.17) is 0 Å². The topological polar surface area (TPSA) is 42.7 Å². The summed E-state index contributed by atoms with van der Waals surface area (Å²) in [5, 5.41) is 11.0. The van der Waals surface area contributed by atoms with E-state index in [0.29, 0.717) is 6.54 Å². The van der Waals surface area contributed by atoms with Gasteiger partial charge in [-0.1, -0.05) is 12.1 Å². The highest BCUT2D eigenvalue weighted by Gasteiger charge is 2.07. The molecule has 15 heavy (non-hydrogen) atoms. The molecule has 0 aliphatic heterocycles. The van der Waals surface area contributed by atoms with Crippen LogP contribution in [0.4, 0.5) is 0 Å². The fraction of sp³-hybridized carbons (Fsp3) is 0.200. The van der Waals surface area contributed by atoms with Gasteiger partial charge in [0.25, 0.3) is 0 Å². The van der Waals surface area contributed by atoms with Gasteiger partial charge in [-0.3, -0.25) is 4.57 Å². The van der Waals surface area contributed by atoms with Crippen molar-refractivity contribution in [1.29, 1.82) is 0 Å². The lowest BCUT2D eigenvalue weighted by atomic mass is 10.3. The van der Waals surface area contributed by atoms with Crippen LogP contribution < -0.4 is 5.32 Å². The second kappa shape index (κ2) is 4.55. The van der Waals surface area contributed by atoms with Crippen LogP contribution >= 0.6 is 15.9 Å². The summed E-state index contributed by atoms with van der Waals surface area (Å²) in [4.78, 5) is 0. The van der Waals surface area contributed by atoms with Gasteiger partial charge in [0.2, 0.25) is 0 Å². The molecular weight excluding hydrogens is 256 g/mol. The van der Waals surface area contributed by atoms with Crippen LogP contribution in [0.25, 0.3) is 5.69 Å². The minimum atomic E-state index is 0.696. The Morgan fingerprint density at radius 3 is 2.93 bits per heavy atom. The second-order valence-electron chi connectivity index (χ2n) is 3.10. The first kappa shape index (κ1) is 10.3. The van der Waals surface area contributed by atoms with Gasteiger partial charge in [-0.2, -0.15) is 0 Å². The molecule has 1 heterocycles. The minimum absolute atomic E-state index is 0.696. The molecule has 0 radical (unpaired) electrons. The Bertz CT molecular complexity index is 452. The highest BCUT2D eigenvalue weighted by atomic mass is 79.9. The molecule has 0 atom stereocenters. The number of para-hydroxylation sites is 1. The van der Waals surface area contributed by atoms with Gasteiger partial charge in [-0.25, -0.2) is 0 Å². The maximum atomic E-state index is 4.05. The lowest BCUT2D eigenvalue weighted by Gasteiger charge is -2.07. The number of benzene rings is 1. The summed E-state index contributed by atoms with van der Waals surface area (Å²) < 4.78 is 2.99. The monoisotopic (exact) mass is 266 g/mol. The van der Waals surface area contributed by atoms with E-state index >= 15 is 0 Å². The minimum Gasteiger partial charge on any atom is -0.313 e. The maximum absolute atomic E-state index is 4.05. The molecule has 2 rings (SSSR count). The molecule has 0 saturated heterocycles. The van der Waals surface area contributed by atoms with Gasteiger partial charge in [-0.05, 0) is 35.1 Å². The highest BCUT2D eigenvalue weighted by molar-refractivity contribution is 9.10. The summed E-state index contributed by atoms with van der Waals surface area (Å²) in [7, 11) is 1.89. The molecule has 0 spiro atoms. The highest BCUT2D eigenvalue weighted by Crippen LogP contribution is 2.20. The van der Waals surface area contributed by atoms with Gasteiger partial charge in [0.05, 0.1) is 12.2 Å². The van der Waals surface area contributed by atoms with Crippen molar-refractivity contribution in [1.82, 2.24) is 20.1 Å². The summed E-state index contributed by atoms with van der Waals surface area (Å²) in [5.41, 5.74) is 1.05. The van der Waals surface area contributed by atoms with E-state index in [1.807, 2.05) is 35.9 Å². The molecule has 0 fully saturated rings. The fourth-order valence-corrected chi connectivity index (χ4v) is 1.86. The molecule has 5 heteroatoms. The van der Waals surface area contributed by atoms with Crippen LogP contribution in [0, 0.1) is 0 Å². The number of aromatic nitrogens is 3. The van der Waals surface area contributed by atoms with Crippen LogP contribution in [-0.2, 0) is 6.54 Å². The van der Waals surface area contributed by atoms with E-state index < -0.39 is 0 Å². The number of hydrogen-bond acceptors (Lipinski definition) is 3. The van der Waals surface area contributed by atoms with Crippen molar-refractivity contribution in [3.8, 4) is 5.69 Å². The van der Waals surface area contributed by atoms with Crippen molar-refractivity contribution < 1.29 is 0 Å². The Morgan fingerprint density at radius 2 is 2.20 bits per heavy atom. The van der Waals surface area contributed by atoms with Crippen LogP contribution in [0.5, 0.6) is 0 Å². The molecule has 2 aromatic rings. The summed E-state index contributed by atoms with van der Waals surface area (Å²) in [5.74, 6) is 0.893. The van der Waals surface area contributed by atoms with Crippen molar-refractivity contribution in [3.63, 3.8) is 0 Å². The Morgan fingerprint density at radius 1 is 1.40 bits per heavy atom. The molecule has 0 unspecified atom stereocenters. The van der Waals surface area contributed by atoms with Crippen LogP contribution in [0.2, 0.25) is 0 Å². The first-order chi connectivity index (χ1) is 7.33. The molecule has 0 aliphatic rings. The zero-order valence-electron chi connectivity index (χ0n) is 8.31. The van der Waals surface area contributed by atoms with Crippen LogP contribution in [0.15, 0.2) is 35.1 Å². The molecular formula is C10H11BrN4. The predicted octanol–water partition coefficient (Wildman–Crippen LogP) is 1.75. The van der Waals surface area contributed by atoms with Gasteiger partial charge >= 0.3 is 0 Å². The summed E-state index contributed by atoms with van der Waals surface area (Å²) in [6, 6.07) is 7.99. The molecule has 1 aromatic carbocycles. The van der Waals surface area contributed by atoms with E-state index in [0.717, 1.165) is 16.0 Å². The Labute approximate surface area is 96.5 Å². The fourth-order valence-electron chi connectivity index (χ4n) is 1.39. The quantitative estimate of drug-likeness (QED) is 0.921. The van der Waals surface area contributed by atoms with Crippen molar-refractivity contribution in [2.24, 2.45) is 0 Å². The standard InChI is InChI=1S/C10H11BrN4/c1-12-6-10-14-13-7-15(10)9-5-3-2-4-8(9)11/h2-5,7,12H,6H2,1H3. The Kier molecular flexibility index (Phi) is 3.13. The van der Waals surface area contributed by atoms with Gasteiger partial charge < -0.3 is 5.32 Å². The molecule has 1 aromatic heterocycles. The number of hydrogen-bond donors (Lipinski definition) is 1. The molecule has 0 saturated carbocycles. The Hall–Kier alpha value is -1.20. The Balaban J connectivity index is 2.45. The number of halogens is 1. The van der Waals surface area contributed by atoms with Gasteiger partial charge in [0.1, 0.15) is 6.33 Å². The first-order valence-electron chi connectivity index (χ1n) is 4.61. The molecule has 0 bridgehead atoms. The molecule has 78 valence electrons. The van der Waals surface area contributed by atoms with Gasteiger partial charge in [0, 0.05) is 4.47 Å². The van der Waals surface area contributed by atoms with Crippen LogP contribution in [0.3, 0.4) is 0 Å². The average Bonchev–Trinajstić information content (AvgIpc) is 2.67. The van der Waals surface area contributed by atoms with Crippen molar-refractivity contribution >= 4 is 15.9 Å². The smallest absolute Gasteiger partial charge is 0.151 e. The molecule has 0 amide bonds. The summed E-state index contributed by atoms with van der Waals surface area (Å²) in [6.45, 7) is 0.696. The largest absolute Gasteiger partial charge is 0.313 e. The number of nitrogens with zero attached hydrogens (tertiary/aromatic N) is 3. The maximum Gasteiger partial charge on any atom is 0.151 e. The summed E-state index contributed by atoms with van der Waals surface area (Å²) >= 11 is 3.51. The lowest BCUT2D eigenvalue weighted by molar-refractivity contribution is 0.736. The van der Waals surface area contributed by atoms with Crippen LogP contribution in [-0.4, -0.2) is 21.8 Å². The predicted molar refractivity (Wildman–Crippen MR) is 61.8 cm³/mol. The molecule has 1 N–H and O–H groups in total.